The minimum Gasteiger partial charge on any atom is -0.352 e. The van der Waals surface area contributed by atoms with E-state index in [4.69, 9.17) is 5.73 Å². The maximum absolute atomic E-state index is 13.6. The van der Waals surface area contributed by atoms with Gasteiger partial charge in [-0.05, 0) is 61.2 Å². The highest BCUT2D eigenvalue weighted by molar-refractivity contribution is 7.09. The molecule has 5 rings (SSSR count). The van der Waals surface area contributed by atoms with Gasteiger partial charge in [-0.2, -0.15) is 0 Å². The third kappa shape index (κ3) is 6.44. The van der Waals surface area contributed by atoms with E-state index in [1.54, 1.807) is 40.8 Å². The minimum atomic E-state index is -0.519. The summed E-state index contributed by atoms with van der Waals surface area (Å²) in [4.78, 5) is 36.8. The van der Waals surface area contributed by atoms with Crippen LogP contribution in [-0.2, 0) is 17.9 Å². The van der Waals surface area contributed by atoms with Gasteiger partial charge in [-0.3, -0.25) is 19.5 Å². The van der Waals surface area contributed by atoms with Crippen LogP contribution in [0.25, 0.3) is 0 Å². The number of hydrogen-bond acceptors (Lipinski definition) is 6. The van der Waals surface area contributed by atoms with E-state index in [1.165, 1.54) is 10.4 Å². The highest BCUT2D eigenvalue weighted by Crippen LogP contribution is 2.29. The Morgan fingerprint density at radius 3 is 2.54 bits per heavy atom. The number of thiophene rings is 1. The number of nitrogens with zero attached hydrogens (tertiary/aromatic N) is 3. The topological polar surface area (TPSA) is 91.6 Å². The number of nitrogens with two attached hydrogens (primary N) is 1. The predicted molar refractivity (Wildman–Crippen MR) is 146 cm³/mol. The first-order chi connectivity index (χ1) is 18.1. The number of likely N-dealkylation sites (tertiary alicyclic amines) is 1. The van der Waals surface area contributed by atoms with Gasteiger partial charge < -0.3 is 16.0 Å². The number of aromatic nitrogens is 1. The average molecular weight is 518 g/mol. The summed E-state index contributed by atoms with van der Waals surface area (Å²) in [7, 11) is 0. The van der Waals surface area contributed by atoms with E-state index < -0.39 is 6.04 Å². The van der Waals surface area contributed by atoms with Gasteiger partial charge in [0.1, 0.15) is 6.04 Å². The molecule has 2 amide bonds. The van der Waals surface area contributed by atoms with Crippen LogP contribution in [0.2, 0.25) is 0 Å². The van der Waals surface area contributed by atoms with Crippen molar-refractivity contribution in [3.05, 3.63) is 88.4 Å². The molecular formula is C29H35N5O2S. The molecular weight excluding hydrogens is 482 g/mol. The number of amides is 2. The van der Waals surface area contributed by atoms with Crippen LogP contribution >= 0.6 is 11.3 Å². The summed E-state index contributed by atoms with van der Waals surface area (Å²) >= 11 is 1.74. The van der Waals surface area contributed by atoms with Gasteiger partial charge in [0.05, 0.1) is 5.56 Å². The zero-order valence-corrected chi connectivity index (χ0v) is 21.9. The highest BCUT2D eigenvalue weighted by Gasteiger charge is 2.42. The molecule has 7 nitrogen and oxygen atoms in total. The molecule has 0 bridgehead atoms. The van der Waals surface area contributed by atoms with Gasteiger partial charge in [0.15, 0.2) is 0 Å². The van der Waals surface area contributed by atoms with Crippen molar-refractivity contribution >= 4 is 23.2 Å². The lowest BCUT2D eigenvalue weighted by atomic mass is 9.91. The molecule has 2 aromatic heterocycles. The fourth-order valence-electron chi connectivity index (χ4n) is 5.50. The molecule has 2 unspecified atom stereocenters. The van der Waals surface area contributed by atoms with Gasteiger partial charge in [-0.1, -0.05) is 36.4 Å². The molecule has 1 saturated carbocycles. The Morgan fingerprint density at radius 2 is 1.84 bits per heavy atom. The molecule has 194 valence electrons. The van der Waals surface area contributed by atoms with E-state index in [0.29, 0.717) is 18.5 Å². The van der Waals surface area contributed by atoms with Gasteiger partial charge in [0.25, 0.3) is 5.91 Å². The molecule has 8 heteroatoms. The molecule has 1 aliphatic carbocycles. The van der Waals surface area contributed by atoms with E-state index in [2.05, 4.69) is 57.0 Å². The first-order valence-electron chi connectivity index (χ1n) is 13.1. The van der Waals surface area contributed by atoms with Crippen LogP contribution in [0, 0.1) is 0 Å². The van der Waals surface area contributed by atoms with Gasteiger partial charge in [0, 0.05) is 55.0 Å². The van der Waals surface area contributed by atoms with Crippen molar-refractivity contribution in [2.24, 2.45) is 5.73 Å². The van der Waals surface area contributed by atoms with Crippen LogP contribution in [0.1, 0.15) is 52.9 Å². The smallest absolute Gasteiger partial charge is 0.256 e. The lowest BCUT2D eigenvalue weighted by Crippen LogP contribution is -2.50. The van der Waals surface area contributed by atoms with Crippen molar-refractivity contribution in [2.45, 2.75) is 69.4 Å². The van der Waals surface area contributed by atoms with E-state index in [-0.39, 0.29) is 29.9 Å². The summed E-state index contributed by atoms with van der Waals surface area (Å²) in [5, 5.41) is 5.34. The number of rotatable bonds is 8. The molecule has 2 atom stereocenters. The van der Waals surface area contributed by atoms with Crippen molar-refractivity contribution < 1.29 is 9.59 Å². The summed E-state index contributed by atoms with van der Waals surface area (Å²) in [6.45, 7) is 2.04. The molecule has 1 aromatic carbocycles. The monoisotopic (exact) mass is 517 g/mol. The normalized spacial score (nSPS) is 23.8. The molecule has 37 heavy (non-hydrogen) atoms. The van der Waals surface area contributed by atoms with Gasteiger partial charge in [-0.25, -0.2) is 0 Å². The maximum Gasteiger partial charge on any atom is 0.256 e. The van der Waals surface area contributed by atoms with E-state index in [1.807, 2.05) is 6.07 Å². The van der Waals surface area contributed by atoms with Crippen molar-refractivity contribution in [3.8, 4) is 0 Å². The van der Waals surface area contributed by atoms with E-state index in [9.17, 15) is 9.59 Å². The van der Waals surface area contributed by atoms with Crippen molar-refractivity contribution in [2.75, 3.05) is 6.54 Å². The van der Waals surface area contributed by atoms with Crippen LogP contribution in [0.3, 0.4) is 0 Å². The van der Waals surface area contributed by atoms with Crippen LogP contribution < -0.4 is 11.1 Å². The Morgan fingerprint density at radius 1 is 1.03 bits per heavy atom. The summed E-state index contributed by atoms with van der Waals surface area (Å²) < 4.78 is 0. The summed E-state index contributed by atoms with van der Waals surface area (Å²) in [5.74, 6) is -0.201. The van der Waals surface area contributed by atoms with Gasteiger partial charge >= 0.3 is 0 Å². The third-order valence-electron chi connectivity index (χ3n) is 7.55. The van der Waals surface area contributed by atoms with Crippen molar-refractivity contribution in [1.82, 2.24) is 20.1 Å². The van der Waals surface area contributed by atoms with Crippen molar-refractivity contribution in [1.29, 1.82) is 0 Å². The Labute approximate surface area is 222 Å². The molecule has 2 fully saturated rings. The summed E-state index contributed by atoms with van der Waals surface area (Å²) in [6.07, 6.45) is 7.45. The Balaban J connectivity index is 1.38. The van der Waals surface area contributed by atoms with E-state index >= 15 is 0 Å². The Bertz CT molecular complexity index is 1150. The highest BCUT2D eigenvalue weighted by atomic mass is 32.1. The molecule has 0 radical (unpaired) electrons. The largest absolute Gasteiger partial charge is 0.352 e. The first-order valence-corrected chi connectivity index (χ1v) is 14.0. The number of pyridine rings is 1. The average Bonchev–Trinajstić information content (AvgIpc) is 3.61. The van der Waals surface area contributed by atoms with Crippen molar-refractivity contribution in [3.63, 3.8) is 0 Å². The maximum atomic E-state index is 13.6. The van der Waals surface area contributed by atoms with Crippen LogP contribution in [0.4, 0.5) is 0 Å². The summed E-state index contributed by atoms with van der Waals surface area (Å²) in [5.41, 5.74) is 7.80. The number of nitrogens with one attached hydrogen (secondary N) is 1. The molecule has 2 aliphatic rings. The molecule has 3 N–H and O–H groups in total. The quantitative estimate of drug-likeness (QED) is 0.474. The Kier molecular flexibility index (Phi) is 8.28. The fourth-order valence-corrected chi connectivity index (χ4v) is 6.23. The van der Waals surface area contributed by atoms with Gasteiger partial charge in [-0.15, -0.1) is 11.3 Å². The SMILES string of the molecule is NC1CCC(NC(=O)C2CC(N(Cc3ccccc3)Cc3cccs3)CN2C(=O)c2cccnc2)CC1. The van der Waals surface area contributed by atoms with Crippen LogP contribution in [-0.4, -0.2) is 57.3 Å². The molecule has 3 heterocycles. The Hall–Kier alpha value is -3.07. The standard InChI is InChI=1S/C29H35N5O2S/c30-23-10-12-24(13-11-23)32-28(35)27-16-25(19-34(27)29(36)22-8-4-14-31-17-22)33(20-26-9-5-15-37-26)18-21-6-2-1-3-7-21/h1-9,14-15,17,23-25,27H,10-13,16,18-20,30H2,(H,32,35). The lowest BCUT2D eigenvalue weighted by molar-refractivity contribution is -0.125. The third-order valence-corrected chi connectivity index (χ3v) is 8.41. The second-order valence-corrected chi connectivity index (χ2v) is 11.2. The summed E-state index contributed by atoms with van der Waals surface area (Å²) in [6, 6.07) is 18.0. The number of hydrogen-bond donors (Lipinski definition) is 2. The molecule has 1 saturated heterocycles. The van der Waals surface area contributed by atoms with Crippen LogP contribution in [0.15, 0.2) is 72.4 Å². The first kappa shape index (κ1) is 25.6. The second-order valence-electron chi connectivity index (χ2n) is 10.2. The fraction of sp³-hybridized carbons (Fsp3) is 0.414. The minimum absolute atomic E-state index is 0.0541. The van der Waals surface area contributed by atoms with E-state index in [0.717, 1.165) is 38.8 Å². The molecule has 1 aliphatic heterocycles. The number of carbonyl (C=O) groups excluding carboxylic acids is 2. The number of carbonyl (C=O) groups is 2. The zero-order valence-electron chi connectivity index (χ0n) is 21.0. The second kappa shape index (κ2) is 12.0. The molecule has 3 aromatic rings. The molecule has 0 spiro atoms. The lowest BCUT2D eigenvalue weighted by Gasteiger charge is -2.30. The van der Waals surface area contributed by atoms with Gasteiger partial charge in [0.2, 0.25) is 5.91 Å². The zero-order chi connectivity index (χ0) is 25.6. The predicted octanol–water partition coefficient (Wildman–Crippen LogP) is 3.81. The van der Waals surface area contributed by atoms with Crippen LogP contribution in [0.5, 0.6) is 0 Å². The number of benzene rings is 1.